The Balaban J connectivity index is 2.42. The quantitative estimate of drug-likeness (QED) is 0.813. The van der Waals surface area contributed by atoms with E-state index in [1.807, 2.05) is 12.2 Å². The van der Waals surface area contributed by atoms with Gasteiger partial charge >= 0.3 is 12.2 Å². The Morgan fingerprint density at radius 2 is 2.18 bits per heavy atom. The van der Waals surface area contributed by atoms with Crippen molar-refractivity contribution in [3.63, 3.8) is 0 Å². The molecule has 1 fully saturated rings. The lowest BCUT2D eigenvalue weighted by Gasteiger charge is -2.36. The molecule has 1 saturated heterocycles. The van der Waals surface area contributed by atoms with Crippen LogP contribution in [0.2, 0.25) is 0 Å². The third-order valence-corrected chi connectivity index (χ3v) is 2.92. The van der Waals surface area contributed by atoms with E-state index in [0.29, 0.717) is 19.0 Å². The van der Waals surface area contributed by atoms with E-state index in [1.165, 1.54) is 12.0 Å². The van der Waals surface area contributed by atoms with Gasteiger partial charge in [-0.2, -0.15) is 13.2 Å². The number of piperidine rings is 1. The first-order valence-corrected chi connectivity index (χ1v) is 5.46. The average Bonchev–Trinajstić information content (AvgIpc) is 2.25. The molecule has 0 aromatic heterocycles. The maximum absolute atomic E-state index is 11.9. The minimum Gasteiger partial charge on any atom is -0.379 e. The molecule has 17 heavy (non-hydrogen) atoms. The van der Waals surface area contributed by atoms with E-state index >= 15 is 0 Å². The van der Waals surface area contributed by atoms with E-state index in [4.69, 9.17) is 4.74 Å². The van der Waals surface area contributed by atoms with Crippen LogP contribution in [0.1, 0.15) is 13.3 Å². The second-order valence-electron chi connectivity index (χ2n) is 4.26. The fourth-order valence-electron chi connectivity index (χ4n) is 1.81. The summed E-state index contributed by atoms with van der Waals surface area (Å²) in [6.07, 6.45) is -3.75. The molecule has 0 aliphatic carbocycles. The zero-order chi connectivity index (χ0) is 13.1. The van der Waals surface area contributed by atoms with E-state index in [-0.39, 0.29) is 6.10 Å². The minimum atomic E-state index is -4.38. The van der Waals surface area contributed by atoms with Gasteiger partial charge in [-0.25, -0.2) is 4.79 Å². The van der Waals surface area contributed by atoms with Crippen LogP contribution in [-0.2, 0) is 4.74 Å². The number of likely N-dealkylation sites (tertiary alicyclic amines) is 1. The van der Waals surface area contributed by atoms with Gasteiger partial charge in [0.25, 0.3) is 0 Å². The Kier molecular flexibility index (Phi) is 4.62. The normalized spacial score (nSPS) is 25.8. The minimum absolute atomic E-state index is 0.111. The molecule has 2 unspecified atom stereocenters. The Bertz CT molecular complexity index is 271. The molecule has 1 aliphatic heterocycles. The van der Waals surface area contributed by atoms with E-state index in [1.54, 1.807) is 0 Å². The summed E-state index contributed by atoms with van der Waals surface area (Å²) in [5, 5.41) is 1.86. The number of carbonyl (C=O) groups excluding carboxylic acids is 1. The zero-order valence-electron chi connectivity index (χ0n) is 9.88. The number of carbonyl (C=O) groups is 1. The maximum Gasteiger partial charge on any atom is 0.405 e. The summed E-state index contributed by atoms with van der Waals surface area (Å²) in [6, 6.07) is -0.684. The number of halogens is 3. The average molecular weight is 254 g/mol. The zero-order valence-corrected chi connectivity index (χ0v) is 9.88. The van der Waals surface area contributed by atoms with Gasteiger partial charge in [-0.15, -0.1) is 0 Å². The van der Waals surface area contributed by atoms with Crippen LogP contribution in [0.3, 0.4) is 0 Å². The second-order valence-corrected chi connectivity index (χ2v) is 4.26. The van der Waals surface area contributed by atoms with Crippen LogP contribution >= 0.6 is 0 Å². The molecule has 0 aromatic rings. The number of alkyl halides is 3. The van der Waals surface area contributed by atoms with Crippen molar-refractivity contribution < 1.29 is 22.7 Å². The van der Waals surface area contributed by atoms with Gasteiger partial charge in [0.1, 0.15) is 6.54 Å². The van der Waals surface area contributed by atoms with Crippen LogP contribution in [0.25, 0.3) is 0 Å². The monoisotopic (exact) mass is 254 g/mol. The highest BCUT2D eigenvalue weighted by molar-refractivity contribution is 5.74. The van der Waals surface area contributed by atoms with E-state index < -0.39 is 18.8 Å². The topological polar surface area (TPSA) is 41.6 Å². The highest BCUT2D eigenvalue weighted by Gasteiger charge is 2.32. The third-order valence-electron chi connectivity index (χ3n) is 2.92. The molecular weight excluding hydrogens is 237 g/mol. The highest BCUT2D eigenvalue weighted by atomic mass is 19.4. The summed E-state index contributed by atoms with van der Waals surface area (Å²) in [5.41, 5.74) is 0. The number of hydrogen-bond acceptors (Lipinski definition) is 2. The van der Waals surface area contributed by atoms with Gasteiger partial charge in [0, 0.05) is 20.2 Å². The number of ether oxygens (including phenoxy) is 1. The van der Waals surface area contributed by atoms with E-state index in [0.717, 1.165) is 6.42 Å². The highest BCUT2D eigenvalue weighted by Crippen LogP contribution is 2.19. The van der Waals surface area contributed by atoms with Crippen molar-refractivity contribution in [2.75, 3.05) is 26.7 Å². The lowest BCUT2D eigenvalue weighted by molar-refractivity contribution is -0.123. The fraction of sp³-hybridized carbons (Fsp3) is 0.900. The number of methoxy groups -OCH3 is 1. The lowest BCUT2D eigenvalue weighted by atomic mass is 9.96. The first-order chi connectivity index (χ1) is 7.83. The van der Waals surface area contributed by atoms with Crippen LogP contribution in [0, 0.1) is 5.92 Å². The largest absolute Gasteiger partial charge is 0.405 e. The van der Waals surface area contributed by atoms with Crippen molar-refractivity contribution in [1.29, 1.82) is 0 Å². The number of amides is 2. The standard InChI is InChI=1S/C10H17F3N2O2/c1-7-3-4-15(5-8(7)17-2)9(16)14-6-10(11,12)13/h7-8H,3-6H2,1-2H3,(H,14,16). The summed E-state index contributed by atoms with van der Waals surface area (Å²) in [6.45, 7) is 1.50. The van der Waals surface area contributed by atoms with Gasteiger partial charge < -0.3 is 15.0 Å². The number of urea groups is 1. The first kappa shape index (κ1) is 14.1. The summed E-state index contributed by atoms with van der Waals surface area (Å²) < 4.78 is 41.0. The number of hydrogen-bond donors (Lipinski definition) is 1. The summed E-state index contributed by atoms with van der Waals surface area (Å²) >= 11 is 0. The third kappa shape index (κ3) is 4.41. The molecule has 0 spiro atoms. The Morgan fingerprint density at radius 3 is 2.71 bits per heavy atom. The van der Waals surface area contributed by atoms with Crippen molar-refractivity contribution in [3.05, 3.63) is 0 Å². The molecule has 0 aromatic carbocycles. The van der Waals surface area contributed by atoms with Crippen LogP contribution in [0.15, 0.2) is 0 Å². The summed E-state index contributed by atoms with van der Waals surface area (Å²) in [7, 11) is 1.54. The van der Waals surface area contributed by atoms with Crippen LogP contribution in [0.4, 0.5) is 18.0 Å². The molecule has 0 radical (unpaired) electrons. The smallest absolute Gasteiger partial charge is 0.379 e. The molecule has 0 bridgehead atoms. The van der Waals surface area contributed by atoms with Crippen molar-refractivity contribution in [1.82, 2.24) is 10.2 Å². The van der Waals surface area contributed by atoms with Crippen LogP contribution in [-0.4, -0.2) is 50.0 Å². The van der Waals surface area contributed by atoms with E-state index in [2.05, 4.69) is 0 Å². The Hall–Kier alpha value is -0.980. The fourth-order valence-corrected chi connectivity index (χ4v) is 1.81. The molecule has 1 heterocycles. The Morgan fingerprint density at radius 1 is 1.53 bits per heavy atom. The molecule has 2 atom stereocenters. The molecule has 100 valence electrons. The first-order valence-electron chi connectivity index (χ1n) is 5.46. The molecule has 4 nitrogen and oxygen atoms in total. The van der Waals surface area contributed by atoms with Crippen molar-refractivity contribution in [2.24, 2.45) is 5.92 Å². The summed E-state index contributed by atoms with van der Waals surface area (Å²) in [4.78, 5) is 12.8. The predicted octanol–water partition coefficient (Wildman–Crippen LogP) is 1.62. The number of nitrogens with one attached hydrogen (secondary N) is 1. The van der Waals surface area contributed by atoms with Gasteiger partial charge in [-0.3, -0.25) is 0 Å². The van der Waals surface area contributed by atoms with Crippen molar-refractivity contribution >= 4 is 6.03 Å². The van der Waals surface area contributed by atoms with Crippen molar-refractivity contribution in [3.8, 4) is 0 Å². The molecule has 1 aliphatic rings. The molecule has 0 saturated carbocycles. The van der Waals surface area contributed by atoms with Gasteiger partial charge in [-0.05, 0) is 12.3 Å². The van der Waals surface area contributed by atoms with Gasteiger partial charge in [0.05, 0.1) is 6.10 Å². The predicted molar refractivity (Wildman–Crippen MR) is 55.6 cm³/mol. The molecule has 1 rings (SSSR count). The number of rotatable bonds is 2. The molecule has 2 amide bonds. The van der Waals surface area contributed by atoms with E-state index in [9.17, 15) is 18.0 Å². The van der Waals surface area contributed by atoms with Crippen LogP contribution < -0.4 is 5.32 Å². The number of nitrogens with zero attached hydrogens (tertiary/aromatic N) is 1. The SMILES string of the molecule is COC1CN(C(=O)NCC(F)(F)F)CCC1C. The maximum atomic E-state index is 11.9. The van der Waals surface area contributed by atoms with Crippen LogP contribution in [0.5, 0.6) is 0 Å². The van der Waals surface area contributed by atoms with Gasteiger partial charge in [0.2, 0.25) is 0 Å². The summed E-state index contributed by atoms with van der Waals surface area (Å²) in [5.74, 6) is 0.312. The van der Waals surface area contributed by atoms with Gasteiger partial charge in [0.15, 0.2) is 0 Å². The second kappa shape index (κ2) is 5.57. The molecule has 7 heteroatoms. The van der Waals surface area contributed by atoms with Gasteiger partial charge in [-0.1, -0.05) is 6.92 Å². The van der Waals surface area contributed by atoms with Crippen molar-refractivity contribution in [2.45, 2.75) is 25.6 Å². The molecule has 1 N–H and O–H groups in total. The lowest BCUT2D eigenvalue weighted by Crippen LogP contribution is -2.51. The molecular formula is C10H17F3N2O2. The Labute approximate surface area is 98.1 Å².